The Labute approximate surface area is 104 Å². The molecule has 0 atom stereocenters. The van der Waals surface area contributed by atoms with Crippen LogP contribution in [-0.2, 0) is 6.42 Å². The number of rotatable bonds is 7. The Morgan fingerprint density at radius 3 is 2.71 bits per heavy atom. The molecule has 0 aliphatic carbocycles. The molecule has 0 fully saturated rings. The number of benzene rings is 1. The molecule has 1 rings (SSSR count). The SMILES string of the molecule is C/C=C\CCc1ccc(OCCC)c(OC)c1. The number of aryl methyl sites for hydroxylation is 1. The van der Waals surface area contributed by atoms with Crippen LogP contribution in [0.3, 0.4) is 0 Å². The average molecular weight is 234 g/mol. The molecule has 0 aliphatic rings. The van der Waals surface area contributed by atoms with Gasteiger partial charge in [-0.25, -0.2) is 0 Å². The molecule has 0 spiro atoms. The first-order valence-electron chi connectivity index (χ1n) is 6.22. The van der Waals surface area contributed by atoms with E-state index >= 15 is 0 Å². The Kier molecular flexibility index (Phi) is 6.23. The maximum absolute atomic E-state index is 5.62. The highest BCUT2D eigenvalue weighted by Gasteiger charge is 2.04. The molecule has 1 aromatic carbocycles. The van der Waals surface area contributed by atoms with E-state index in [1.165, 1.54) is 5.56 Å². The molecular formula is C15H22O2. The molecule has 0 radical (unpaired) electrons. The van der Waals surface area contributed by atoms with Crippen molar-refractivity contribution in [2.75, 3.05) is 13.7 Å². The van der Waals surface area contributed by atoms with Gasteiger partial charge >= 0.3 is 0 Å². The summed E-state index contributed by atoms with van der Waals surface area (Å²) in [7, 11) is 1.68. The largest absolute Gasteiger partial charge is 0.493 e. The topological polar surface area (TPSA) is 18.5 Å². The molecule has 0 bridgehead atoms. The smallest absolute Gasteiger partial charge is 0.161 e. The van der Waals surface area contributed by atoms with Gasteiger partial charge in [0.2, 0.25) is 0 Å². The fourth-order valence-electron chi connectivity index (χ4n) is 1.62. The lowest BCUT2D eigenvalue weighted by molar-refractivity contribution is 0.294. The van der Waals surface area contributed by atoms with E-state index in [0.717, 1.165) is 37.4 Å². The highest BCUT2D eigenvalue weighted by molar-refractivity contribution is 5.43. The number of hydrogen-bond acceptors (Lipinski definition) is 2. The maximum atomic E-state index is 5.62. The van der Waals surface area contributed by atoms with Gasteiger partial charge in [-0.15, -0.1) is 0 Å². The molecular weight excluding hydrogens is 212 g/mol. The summed E-state index contributed by atoms with van der Waals surface area (Å²) in [5.74, 6) is 1.67. The van der Waals surface area contributed by atoms with Gasteiger partial charge in [-0.05, 0) is 43.9 Å². The zero-order chi connectivity index (χ0) is 12.5. The second-order valence-corrected chi connectivity index (χ2v) is 3.94. The van der Waals surface area contributed by atoms with Gasteiger partial charge in [-0.1, -0.05) is 25.1 Å². The monoisotopic (exact) mass is 234 g/mol. The van der Waals surface area contributed by atoms with E-state index in [2.05, 4.69) is 31.2 Å². The van der Waals surface area contributed by atoms with Gasteiger partial charge < -0.3 is 9.47 Å². The molecule has 2 heteroatoms. The van der Waals surface area contributed by atoms with Crippen molar-refractivity contribution in [2.45, 2.75) is 33.1 Å². The fraction of sp³-hybridized carbons (Fsp3) is 0.467. The third kappa shape index (κ3) is 4.51. The third-order valence-corrected chi connectivity index (χ3v) is 2.53. The van der Waals surface area contributed by atoms with Gasteiger partial charge in [-0.2, -0.15) is 0 Å². The normalized spacial score (nSPS) is 10.8. The Morgan fingerprint density at radius 2 is 2.06 bits per heavy atom. The lowest BCUT2D eigenvalue weighted by Gasteiger charge is -2.11. The van der Waals surface area contributed by atoms with Crippen molar-refractivity contribution in [3.8, 4) is 11.5 Å². The molecule has 0 saturated heterocycles. The average Bonchev–Trinajstić information content (AvgIpc) is 2.37. The van der Waals surface area contributed by atoms with Crippen molar-refractivity contribution in [3.05, 3.63) is 35.9 Å². The number of ether oxygens (including phenoxy) is 2. The minimum atomic E-state index is 0.730. The van der Waals surface area contributed by atoms with Gasteiger partial charge in [0.15, 0.2) is 11.5 Å². The quantitative estimate of drug-likeness (QED) is 0.664. The predicted molar refractivity (Wildman–Crippen MR) is 71.9 cm³/mol. The summed E-state index contributed by atoms with van der Waals surface area (Å²) in [4.78, 5) is 0. The standard InChI is InChI=1S/C15H22O2/c1-4-6-7-8-13-9-10-14(17-11-5-2)15(12-13)16-3/h4,6,9-10,12H,5,7-8,11H2,1-3H3/b6-4-. The van der Waals surface area contributed by atoms with E-state index in [9.17, 15) is 0 Å². The molecule has 0 aromatic heterocycles. The van der Waals surface area contributed by atoms with Crippen LogP contribution in [-0.4, -0.2) is 13.7 Å². The summed E-state index contributed by atoms with van der Waals surface area (Å²) in [6.07, 6.45) is 7.36. The summed E-state index contributed by atoms with van der Waals surface area (Å²) in [5, 5.41) is 0. The van der Waals surface area contributed by atoms with E-state index in [1.807, 2.05) is 13.0 Å². The maximum Gasteiger partial charge on any atom is 0.161 e. The van der Waals surface area contributed by atoms with Crippen LogP contribution in [0.1, 0.15) is 32.3 Å². The van der Waals surface area contributed by atoms with Gasteiger partial charge in [0.1, 0.15) is 0 Å². The number of allylic oxidation sites excluding steroid dienone is 2. The first kappa shape index (κ1) is 13.6. The minimum Gasteiger partial charge on any atom is -0.493 e. The first-order valence-corrected chi connectivity index (χ1v) is 6.22. The van der Waals surface area contributed by atoms with Crippen LogP contribution in [0.2, 0.25) is 0 Å². The molecule has 0 unspecified atom stereocenters. The lowest BCUT2D eigenvalue weighted by atomic mass is 10.1. The van der Waals surface area contributed by atoms with Crippen molar-refractivity contribution in [2.24, 2.45) is 0 Å². The lowest BCUT2D eigenvalue weighted by Crippen LogP contribution is -1.98. The van der Waals surface area contributed by atoms with Crippen LogP contribution >= 0.6 is 0 Å². The molecule has 0 heterocycles. The molecule has 0 N–H and O–H groups in total. The zero-order valence-corrected chi connectivity index (χ0v) is 11.0. The molecule has 94 valence electrons. The van der Waals surface area contributed by atoms with Crippen LogP contribution in [0.25, 0.3) is 0 Å². The minimum absolute atomic E-state index is 0.730. The summed E-state index contributed by atoms with van der Waals surface area (Å²) >= 11 is 0. The van der Waals surface area contributed by atoms with Crippen LogP contribution in [0.5, 0.6) is 11.5 Å². The van der Waals surface area contributed by atoms with Crippen molar-refractivity contribution in [1.29, 1.82) is 0 Å². The van der Waals surface area contributed by atoms with Crippen molar-refractivity contribution >= 4 is 0 Å². The van der Waals surface area contributed by atoms with Crippen LogP contribution < -0.4 is 9.47 Å². The van der Waals surface area contributed by atoms with Gasteiger partial charge in [-0.3, -0.25) is 0 Å². The Morgan fingerprint density at radius 1 is 1.24 bits per heavy atom. The third-order valence-electron chi connectivity index (χ3n) is 2.53. The summed E-state index contributed by atoms with van der Waals surface area (Å²) in [6.45, 7) is 4.87. The van der Waals surface area contributed by atoms with Crippen LogP contribution in [0.4, 0.5) is 0 Å². The molecule has 0 aliphatic heterocycles. The van der Waals surface area contributed by atoms with Crippen molar-refractivity contribution < 1.29 is 9.47 Å². The molecule has 2 nitrogen and oxygen atoms in total. The van der Waals surface area contributed by atoms with E-state index in [4.69, 9.17) is 9.47 Å². The summed E-state index contributed by atoms with van der Waals surface area (Å²) in [5.41, 5.74) is 1.28. The zero-order valence-electron chi connectivity index (χ0n) is 11.0. The fourth-order valence-corrected chi connectivity index (χ4v) is 1.62. The molecule has 0 amide bonds. The number of hydrogen-bond donors (Lipinski definition) is 0. The Balaban J connectivity index is 2.69. The van der Waals surface area contributed by atoms with Crippen molar-refractivity contribution in [1.82, 2.24) is 0 Å². The number of methoxy groups -OCH3 is 1. The van der Waals surface area contributed by atoms with Crippen molar-refractivity contribution in [3.63, 3.8) is 0 Å². The second kappa shape index (κ2) is 7.77. The Bertz CT molecular complexity index is 356. The Hall–Kier alpha value is -1.44. The first-order chi connectivity index (χ1) is 8.31. The predicted octanol–water partition coefficient (Wildman–Crippen LogP) is 3.99. The van der Waals surface area contributed by atoms with E-state index in [-0.39, 0.29) is 0 Å². The molecule has 0 saturated carbocycles. The summed E-state index contributed by atoms with van der Waals surface area (Å²) in [6, 6.07) is 6.17. The van der Waals surface area contributed by atoms with E-state index in [1.54, 1.807) is 7.11 Å². The summed E-state index contributed by atoms with van der Waals surface area (Å²) < 4.78 is 11.0. The van der Waals surface area contributed by atoms with E-state index < -0.39 is 0 Å². The second-order valence-electron chi connectivity index (χ2n) is 3.94. The highest BCUT2D eigenvalue weighted by atomic mass is 16.5. The molecule has 1 aromatic rings. The van der Waals surface area contributed by atoms with E-state index in [0.29, 0.717) is 0 Å². The van der Waals surface area contributed by atoms with Gasteiger partial charge in [0.25, 0.3) is 0 Å². The van der Waals surface area contributed by atoms with Gasteiger partial charge in [0.05, 0.1) is 13.7 Å². The van der Waals surface area contributed by atoms with Crippen LogP contribution in [0.15, 0.2) is 30.4 Å². The highest BCUT2D eigenvalue weighted by Crippen LogP contribution is 2.28. The van der Waals surface area contributed by atoms with Gasteiger partial charge in [0, 0.05) is 0 Å². The van der Waals surface area contributed by atoms with Crippen LogP contribution in [0, 0.1) is 0 Å². The molecule has 17 heavy (non-hydrogen) atoms.